The van der Waals surface area contributed by atoms with Crippen LogP contribution in [0.2, 0.25) is 5.02 Å². The van der Waals surface area contributed by atoms with Crippen molar-refractivity contribution in [2.45, 2.75) is 19.5 Å². The molecule has 0 fully saturated rings. The van der Waals surface area contributed by atoms with E-state index in [1.807, 2.05) is 26.2 Å². The standard InChI is InChI=1S/C19H23ClN2O2/c1-22(2)16-6-4-14(5-7-16)12-21-13-15-10-17(20)19-18(11-15)23-8-3-9-24-19/h4-7,10-11,21H,3,8-9,12-13H2,1-2H3. The second-order valence-corrected chi connectivity index (χ2v) is 6.53. The lowest BCUT2D eigenvalue weighted by Crippen LogP contribution is -2.13. The molecule has 0 aliphatic carbocycles. The third kappa shape index (κ3) is 4.13. The monoisotopic (exact) mass is 346 g/mol. The van der Waals surface area contributed by atoms with Gasteiger partial charge >= 0.3 is 0 Å². The highest BCUT2D eigenvalue weighted by molar-refractivity contribution is 6.32. The van der Waals surface area contributed by atoms with Gasteiger partial charge in [0.05, 0.1) is 18.2 Å². The van der Waals surface area contributed by atoms with Gasteiger partial charge in [0.25, 0.3) is 0 Å². The second-order valence-electron chi connectivity index (χ2n) is 6.12. The summed E-state index contributed by atoms with van der Waals surface area (Å²) in [5.74, 6) is 1.41. The molecule has 1 heterocycles. The summed E-state index contributed by atoms with van der Waals surface area (Å²) in [6.07, 6.45) is 0.877. The van der Waals surface area contributed by atoms with Crippen molar-refractivity contribution in [3.63, 3.8) is 0 Å². The van der Waals surface area contributed by atoms with E-state index in [4.69, 9.17) is 21.1 Å². The minimum absolute atomic E-state index is 0.613. The van der Waals surface area contributed by atoms with Crippen LogP contribution in [-0.4, -0.2) is 27.3 Å². The summed E-state index contributed by atoms with van der Waals surface area (Å²) < 4.78 is 11.4. The van der Waals surface area contributed by atoms with Gasteiger partial charge in [0.2, 0.25) is 0 Å². The van der Waals surface area contributed by atoms with Crippen LogP contribution < -0.4 is 19.7 Å². The van der Waals surface area contributed by atoms with E-state index in [-0.39, 0.29) is 0 Å². The number of rotatable bonds is 5. The minimum atomic E-state index is 0.613. The number of nitrogens with one attached hydrogen (secondary N) is 1. The van der Waals surface area contributed by atoms with Crippen LogP contribution in [0.3, 0.4) is 0 Å². The third-order valence-electron chi connectivity index (χ3n) is 3.97. The maximum atomic E-state index is 6.33. The topological polar surface area (TPSA) is 33.7 Å². The first-order valence-corrected chi connectivity index (χ1v) is 8.56. The first-order valence-electron chi connectivity index (χ1n) is 8.18. The summed E-state index contributed by atoms with van der Waals surface area (Å²) >= 11 is 6.33. The molecule has 1 N–H and O–H groups in total. The van der Waals surface area contributed by atoms with Crippen molar-refractivity contribution >= 4 is 17.3 Å². The zero-order valence-corrected chi connectivity index (χ0v) is 14.9. The summed E-state index contributed by atoms with van der Waals surface area (Å²) in [6, 6.07) is 12.5. The lowest BCUT2D eigenvalue weighted by molar-refractivity contribution is 0.297. The molecule has 128 valence electrons. The van der Waals surface area contributed by atoms with Crippen molar-refractivity contribution in [1.82, 2.24) is 5.32 Å². The van der Waals surface area contributed by atoms with Gasteiger partial charge in [-0.05, 0) is 35.4 Å². The summed E-state index contributed by atoms with van der Waals surface area (Å²) in [6.45, 7) is 2.84. The third-order valence-corrected chi connectivity index (χ3v) is 4.25. The van der Waals surface area contributed by atoms with Crippen molar-refractivity contribution < 1.29 is 9.47 Å². The fraction of sp³-hybridized carbons (Fsp3) is 0.368. The molecule has 0 bridgehead atoms. The van der Waals surface area contributed by atoms with Crippen molar-refractivity contribution in [2.24, 2.45) is 0 Å². The van der Waals surface area contributed by atoms with E-state index in [9.17, 15) is 0 Å². The molecule has 2 aromatic rings. The van der Waals surface area contributed by atoms with E-state index in [0.29, 0.717) is 24.0 Å². The van der Waals surface area contributed by atoms with Crippen molar-refractivity contribution in [1.29, 1.82) is 0 Å². The average Bonchev–Trinajstić information content (AvgIpc) is 2.81. The zero-order valence-electron chi connectivity index (χ0n) is 14.1. The molecule has 0 amide bonds. The summed E-state index contributed by atoms with van der Waals surface area (Å²) in [7, 11) is 4.09. The SMILES string of the molecule is CN(C)c1ccc(CNCc2cc(Cl)c3c(c2)OCCCO3)cc1. The molecule has 4 nitrogen and oxygen atoms in total. The van der Waals surface area contributed by atoms with Gasteiger partial charge in [-0.3, -0.25) is 0 Å². The van der Waals surface area contributed by atoms with Gasteiger partial charge in [0.1, 0.15) is 0 Å². The first-order chi connectivity index (χ1) is 11.6. The van der Waals surface area contributed by atoms with Crippen LogP contribution in [0.15, 0.2) is 36.4 Å². The zero-order chi connectivity index (χ0) is 16.9. The molecule has 5 heteroatoms. The van der Waals surface area contributed by atoms with Crippen LogP contribution in [0, 0.1) is 0 Å². The Hall–Kier alpha value is -1.91. The number of halogens is 1. The number of ether oxygens (including phenoxy) is 2. The predicted molar refractivity (Wildman–Crippen MR) is 98.4 cm³/mol. The van der Waals surface area contributed by atoms with E-state index in [2.05, 4.69) is 34.5 Å². The van der Waals surface area contributed by atoms with E-state index < -0.39 is 0 Å². The number of hydrogen-bond acceptors (Lipinski definition) is 4. The molecule has 24 heavy (non-hydrogen) atoms. The molecular weight excluding hydrogens is 324 g/mol. The number of hydrogen-bond donors (Lipinski definition) is 1. The average molecular weight is 347 g/mol. The van der Waals surface area contributed by atoms with Crippen LogP contribution >= 0.6 is 11.6 Å². The smallest absolute Gasteiger partial charge is 0.179 e. The molecule has 0 spiro atoms. The highest BCUT2D eigenvalue weighted by Crippen LogP contribution is 2.37. The number of anilines is 1. The lowest BCUT2D eigenvalue weighted by Gasteiger charge is -2.14. The molecule has 2 aromatic carbocycles. The first kappa shape index (κ1) is 16.9. The van der Waals surface area contributed by atoms with Crippen molar-refractivity contribution in [3.05, 3.63) is 52.5 Å². The Kier molecular flexibility index (Phi) is 5.48. The number of nitrogens with zero attached hydrogens (tertiary/aromatic N) is 1. The fourth-order valence-corrected chi connectivity index (χ4v) is 2.94. The fourth-order valence-electron chi connectivity index (χ4n) is 2.65. The summed E-state index contributed by atoms with van der Waals surface area (Å²) in [5.41, 5.74) is 3.55. The number of fused-ring (bicyclic) bond motifs is 1. The molecule has 0 saturated heterocycles. The van der Waals surface area contributed by atoms with E-state index in [1.165, 1.54) is 11.3 Å². The Morgan fingerprint density at radius 2 is 1.71 bits per heavy atom. The van der Waals surface area contributed by atoms with Gasteiger partial charge in [0, 0.05) is 39.3 Å². The van der Waals surface area contributed by atoms with Crippen LogP contribution in [0.1, 0.15) is 17.5 Å². The van der Waals surface area contributed by atoms with E-state index in [0.717, 1.165) is 30.8 Å². The van der Waals surface area contributed by atoms with Gasteiger partial charge in [-0.1, -0.05) is 23.7 Å². The van der Waals surface area contributed by atoms with Crippen molar-refractivity contribution in [3.8, 4) is 11.5 Å². The Morgan fingerprint density at radius 3 is 2.46 bits per heavy atom. The Morgan fingerprint density at radius 1 is 1.00 bits per heavy atom. The largest absolute Gasteiger partial charge is 0.489 e. The van der Waals surface area contributed by atoms with E-state index in [1.54, 1.807) is 0 Å². The van der Waals surface area contributed by atoms with Gasteiger partial charge in [-0.2, -0.15) is 0 Å². The molecule has 3 rings (SSSR count). The van der Waals surface area contributed by atoms with Crippen LogP contribution in [0.25, 0.3) is 0 Å². The molecule has 0 saturated carbocycles. The predicted octanol–water partition coefficient (Wildman–Crippen LogP) is 3.86. The van der Waals surface area contributed by atoms with E-state index >= 15 is 0 Å². The highest BCUT2D eigenvalue weighted by Gasteiger charge is 2.15. The highest BCUT2D eigenvalue weighted by atomic mass is 35.5. The quantitative estimate of drug-likeness (QED) is 0.891. The van der Waals surface area contributed by atoms with Gasteiger partial charge in [-0.15, -0.1) is 0 Å². The van der Waals surface area contributed by atoms with Gasteiger partial charge in [0.15, 0.2) is 11.5 Å². The van der Waals surface area contributed by atoms with Gasteiger partial charge < -0.3 is 19.7 Å². The molecule has 0 unspecified atom stereocenters. The maximum Gasteiger partial charge on any atom is 0.179 e. The summed E-state index contributed by atoms with van der Waals surface area (Å²) in [4.78, 5) is 2.09. The minimum Gasteiger partial charge on any atom is -0.489 e. The molecule has 1 aliphatic rings. The van der Waals surface area contributed by atoms with Crippen molar-refractivity contribution in [2.75, 3.05) is 32.2 Å². The lowest BCUT2D eigenvalue weighted by atomic mass is 10.1. The molecule has 0 atom stereocenters. The molecule has 0 radical (unpaired) electrons. The molecule has 0 aromatic heterocycles. The van der Waals surface area contributed by atoms with Crippen LogP contribution in [-0.2, 0) is 13.1 Å². The Labute approximate surface area is 148 Å². The maximum absolute atomic E-state index is 6.33. The van der Waals surface area contributed by atoms with Crippen LogP contribution in [0.5, 0.6) is 11.5 Å². The Bertz CT molecular complexity index is 687. The van der Waals surface area contributed by atoms with Crippen LogP contribution in [0.4, 0.5) is 5.69 Å². The molecular formula is C19H23ClN2O2. The molecule has 1 aliphatic heterocycles. The van der Waals surface area contributed by atoms with Gasteiger partial charge in [-0.25, -0.2) is 0 Å². The Balaban J connectivity index is 1.60. The summed E-state index contributed by atoms with van der Waals surface area (Å²) in [5, 5.41) is 4.06. The number of benzene rings is 2. The normalized spacial score (nSPS) is 13.5. The second kappa shape index (κ2) is 7.77.